The van der Waals surface area contributed by atoms with Gasteiger partial charge >= 0.3 is 0 Å². The van der Waals surface area contributed by atoms with Crippen molar-refractivity contribution in [1.82, 2.24) is 9.55 Å². The van der Waals surface area contributed by atoms with Gasteiger partial charge in [-0.2, -0.15) is 0 Å². The summed E-state index contributed by atoms with van der Waals surface area (Å²) in [6.07, 6.45) is 3.93. The normalized spacial score (nSPS) is 17.5. The van der Waals surface area contributed by atoms with Gasteiger partial charge in [0.1, 0.15) is 30.4 Å². The number of rotatable bonds is 5. The van der Waals surface area contributed by atoms with Gasteiger partial charge in [-0.1, -0.05) is 42.1 Å². The number of nitrogens with zero attached hydrogens (tertiary/aromatic N) is 6. The largest absolute Gasteiger partial charge is 0.497 e. The highest BCUT2D eigenvalue weighted by molar-refractivity contribution is 5.95. The van der Waals surface area contributed by atoms with Gasteiger partial charge in [-0.25, -0.2) is 15.0 Å². The molecule has 0 aliphatic carbocycles. The smallest absolute Gasteiger partial charge is 0.238 e. The molecule has 0 N–H and O–H groups in total. The number of methoxy groups -OCH3 is 1. The summed E-state index contributed by atoms with van der Waals surface area (Å²) in [5.74, 6) is 1.33. The van der Waals surface area contributed by atoms with Crippen LogP contribution >= 0.6 is 0 Å². The lowest BCUT2D eigenvalue weighted by Crippen LogP contribution is -2.18. The van der Waals surface area contributed by atoms with E-state index in [1.54, 1.807) is 7.11 Å². The predicted molar refractivity (Wildman–Crippen MR) is 118 cm³/mol. The molecule has 1 aromatic heterocycles. The van der Waals surface area contributed by atoms with Gasteiger partial charge in [-0.15, -0.1) is 5.11 Å². The van der Waals surface area contributed by atoms with E-state index < -0.39 is 0 Å². The molecule has 5 rings (SSSR count). The van der Waals surface area contributed by atoms with Crippen LogP contribution < -0.4 is 9.75 Å². The molecule has 0 saturated carbocycles. The second kappa shape index (κ2) is 8.06. The number of imidazole rings is 1. The minimum atomic E-state index is -0.0197. The first-order valence-electron chi connectivity index (χ1n) is 10.1. The van der Waals surface area contributed by atoms with Gasteiger partial charge in [0.15, 0.2) is 0 Å². The van der Waals surface area contributed by atoms with Crippen molar-refractivity contribution in [3.05, 3.63) is 84.6 Å². The lowest BCUT2D eigenvalue weighted by molar-refractivity contribution is 0.319. The fraction of sp³-hybridized carbons (Fsp3) is 0.217. The SMILES string of the molecule is C=C/N=N\N1CCc2c(C3=N[C@H](c4ccccc4)CO3)ncn2-c2ccc(OC)cc21. The molecule has 0 fully saturated rings. The maximum atomic E-state index is 5.97. The van der Waals surface area contributed by atoms with Gasteiger partial charge in [-0.3, -0.25) is 0 Å². The van der Waals surface area contributed by atoms with Crippen molar-refractivity contribution in [2.45, 2.75) is 12.5 Å². The minimum Gasteiger partial charge on any atom is -0.497 e. The maximum Gasteiger partial charge on any atom is 0.238 e. The summed E-state index contributed by atoms with van der Waals surface area (Å²) >= 11 is 0. The van der Waals surface area contributed by atoms with Crippen molar-refractivity contribution < 1.29 is 9.47 Å². The summed E-state index contributed by atoms with van der Waals surface area (Å²) in [5.41, 5.74) is 4.74. The number of aliphatic imine (C=N–C) groups is 1. The number of benzene rings is 2. The molecular formula is C23H22N6O2. The van der Waals surface area contributed by atoms with E-state index >= 15 is 0 Å². The Morgan fingerprint density at radius 3 is 2.87 bits per heavy atom. The Balaban J connectivity index is 1.55. The molecule has 0 bridgehead atoms. The third kappa shape index (κ3) is 3.46. The predicted octanol–water partition coefficient (Wildman–Crippen LogP) is 4.27. The van der Waals surface area contributed by atoms with Crippen molar-refractivity contribution in [1.29, 1.82) is 0 Å². The van der Waals surface area contributed by atoms with E-state index in [0.29, 0.717) is 25.5 Å². The van der Waals surface area contributed by atoms with Crippen LogP contribution in [0.1, 0.15) is 23.0 Å². The fourth-order valence-electron chi connectivity index (χ4n) is 3.91. The third-order valence-corrected chi connectivity index (χ3v) is 5.43. The molecule has 0 saturated heterocycles. The van der Waals surface area contributed by atoms with Crippen LogP contribution in [0.2, 0.25) is 0 Å². The van der Waals surface area contributed by atoms with E-state index in [2.05, 4.69) is 38.6 Å². The second-order valence-electron chi connectivity index (χ2n) is 7.20. The molecule has 0 radical (unpaired) electrons. The van der Waals surface area contributed by atoms with Crippen LogP contribution in [0.5, 0.6) is 5.75 Å². The zero-order valence-electron chi connectivity index (χ0n) is 17.2. The van der Waals surface area contributed by atoms with Gasteiger partial charge in [0.25, 0.3) is 0 Å². The number of ether oxygens (including phenoxy) is 2. The number of hydrogen-bond acceptors (Lipinski definition) is 6. The molecule has 156 valence electrons. The minimum absolute atomic E-state index is 0.0197. The first kappa shape index (κ1) is 19.0. The van der Waals surface area contributed by atoms with Gasteiger partial charge in [-0.05, 0) is 17.7 Å². The molecule has 2 aromatic carbocycles. The zero-order chi connectivity index (χ0) is 21.2. The monoisotopic (exact) mass is 414 g/mol. The molecule has 0 amide bonds. The standard InChI is InChI=1S/C23H22N6O2/c1-3-25-27-29-12-11-20-22(23-26-18(14-31-23)16-7-5-4-6-8-16)24-15-28(20)19-10-9-17(30-2)13-21(19)29/h3-10,13,15,18H,1,11-12,14H2,2H3/b27-25-/t18-/m0/s1. The van der Waals surface area contributed by atoms with E-state index in [-0.39, 0.29) is 6.04 Å². The molecule has 1 atom stereocenters. The van der Waals surface area contributed by atoms with Crippen LogP contribution in [-0.2, 0) is 11.2 Å². The van der Waals surface area contributed by atoms with Crippen LogP contribution in [-0.4, -0.2) is 35.7 Å². The van der Waals surface area contributed by atoms with Crippen molar-refractivity contribution in [2.75, 3.05) is 25.3 Å². The number of anilines is 1. The fourth-order valence-corrected chi connectivity index (χ4v) is 3.91. The van der Waals surface area contributed by atoms with E-state index in [4.69, 9.17) is 14.5 Å². The molecule has 0 unspecified atom stereocenters. The Morgan fingerprint density at radius 1 is 1.19 bits per heavy atom. The van der Waals surface area contributed by atoms with E-state index in [9.17, 15) is 0 Å². The summed E-state index contributed by atoms with van der Waals surface area (Å²) < 4.78 is 13.5. The Kier molecular flexibility index (Phi) is 4.95. The zero-order valence-corrected chi connectivity index (χ0v) is 17.2. The van der Waals surface area contributed by atoms with E-state index in [1.165, 1.54) is 6.20 Å². The lowest BCUT2D eigenvalue weighted by atomic mass is 10.1. The molecule has 8 nitrogen and oxygen atoms in total. The summed E-state index contributed by atoms with van der Waals surface area (Å²) in [4.78, 5) is 9.49. The number of hydrogen-bond donors (Lipinski definition) is 0. The van der Waals surface area contributed by atoms with Crippen LogP contribution in [0.15, 0.2) is 83.0 Å². The topological polar surface area (TPSA) is 76.6 Å². The van der Waals surface area contributed by atoms with E-state index in [0.717, 1.165) is 34.1 Å². The highest BCUT2D eigenvalue weighted by Gasteiger charge is 2.29. The Morgan fingerprint density at radius 2 is 2.06 bits per heavy atom. The summed E-state index contributed by atoms with van der Waals surface area (Å²) in [6, 6.07) is 16.0. The highest BCUT2D eigenvalue weighted by atomic mass is 16.5. The third-order valence-electron chi connectivity index (χ3n) is 5.43. The summed E-state index contributed by atoms with van der Waals surface area (Å²) in [5, 5.41) is 10.1. The quantitative estimate of drug-likeness (QED) is 0.584. The highest BCUT2D eigenvalue weighted by Crippen LogP contribution is 2.35. The second-order valence-corrected chi connectivity index (χ2v) is 7.20. The maximum absolute atomic E-state index is 5.97. The molecule has 3 aromatic rings. The van der Waals surface area contributed by atoms with Crippen LogP contribution in [0, 0.1) is 0 Å². The number of fused-ring (bicyclic) bond motifs is 3. The summed E-state index contributed by atoms with van der Waals surface area (Å²) in [6.45, 7) is 4.76. The van der Waals surface area contributed by atoms with Crippen LogP contribution in [0.25, 0.3) is 5.69 Å². The van der Waals surface area contributed by atoms with Crippen LogP contribution in [0.4, 0.5) is 5.69 Å². The average Bonchev–Trinajstić information content (AvgIpc) is 3.43. The van der Waals surface area contributed by atoms with Gasteiger partial charge in [0.2, 0.25) is 5.90 Å². The van der Waals surface area contributed by atoms with Crippen molar-refractivity contribution in [3.8, 4) is 11.4 Å². The molecule has 0 spiro atoms. The molecular weight excluding hydrogens is 392 g/mol. The van der Waals surface area contributed by atoms with Crippen molar-refractivity contribution in [2.24, 2.45) is 15.3 Å². The Labute approximate surface area is 180 Å². The van der Waals surface area contributed by atoms with Crippen molar-refractivity contribution in [3.63, 3.8) is 0 Å². The molecule has 8 heteroatoms. The first-order valence-corrected chi connectivity index (χ1v) is 10.1. The van der Waals surface area contributed by atoms with Gasteiger partial charge in [0, 0.05) is 25.2 Å². The number of aromatic nitrogens is 2. The molecule has 31 heavy (non-hydrogen) atoms. The first-order chi connectivity index (χ1) is 15.3. The Hall–Kier alpha value is -3.94. The Bertz CT molecular complexity index is 1170. The van der Waals surface area contributed by atoms with Crippen LogP contribution in [0.3, 0.4) is 0 Å². The van der Waals surface area contributed by atoms with E-state index in [1.807, 2.05) is 47.7 Å². The molecule has 3 heterocycles. The summed E-state index contributed by atoms with van der Waals surface area (Å²) in [7, 11) is 1.65. The lowest BCUT2D eigenvalue weighted by Gasteiger charge is -2.18. The van der Waals surface area contributed by atoms with Gasteiger partial charge < -0.3 is 14.0 Å². The molecule has 2 aliphatic rings. The van der Waals surface area contributed by atoms with Gasteiger partial charge in [0.05, 0.1) is 24.2 Å². The average molecular weight is 414 g/mol. The molecule has 2 aliphatic heterocycles. The van der Waals surface area contributed by atoms with Crippen molar-refractivity contribution >= 4 is 11.6 Å².